The van der Waals surface area contributed by atoms with Gasteiger partial charge in [0.05, 0.1) is 24.0 Å². The quantitative estimate of drug-likeness (QED) is 0.776. The van der Waals surface area contributed by atoms with Gasteiger partial charge in [0.15, 0.2) is 0 Å². The SMILES string of the molecule is CCC(CC)NC(=O)CN(CC)Cc1nc2ccccc2c(=O)[nH]1. The molecule has 0 atom stereocenters. The number of carbonyl (C=O) groups is 1. The van der Waals surface area contributed by atoms with Crippen molar-refractivity contribution >= 4 is 16.8 Å². The molecule has 0 aliphatic rings. The predicted octanol–water partition coefficient (Wildman–Crippen LogP) is 2.05. The monoisotopic (exact) mass is 330 g/mol. The van der Waals surface area contributed by atoms with E-state index in [-0.39, 0.29) is 17.5 Å². The molecule has 0 aliphatic heterocycles. The highest BCUT2D eigenvalue weighted by Gasteiger charge is 2.14. The summed E-state index contributed by atoms with van der Waals surface area (Å²) in [4.78, 5) is 33.6. The highest BCUT2D eigenvalue weighted by atomic mass is 16.2. The molecule has 1 heterocycles. The summed E-state index contributed by atoms with van der Waals surface area (Å²) in [5, 5.41) is 3.61. The molecule has 6 heteroatoms. The minimum absolute atomic E-state index is 0.00804. The molecule has 2 N–H and O–H groups in total. The molecule has 0 spiro atoms. The fourth-order valence-electron chi connectivity index (χ4n) is 2.67. The average molecular weight is 330 g/mol. The highest BCUT2D eigenvalue weighted by molar-refractivity contribution is 5.78. The van der Waals surface area contributed by atoms with Gasteiger partial charge in [-0.15, -0.1) is 0 Å². The van der Waals surface area contributed by atoms with E-state index in [1.165, 1.54) is 0 Å². The van der Waals surface area contributed by atoms with E-state index in [4.69, 9.17) is 0 Å². The van der Waals surface area contributed by atoms with Crippen molar-refractivity contribution in [1.82, 2.24) is 20.2 Å². The summed E-state index contributed by atoms with van der Waals surface area (Å²) in [6.45, 7) is 7.55. The third-order valence-electron chi connectivity index (χ3n) is 4.20. The van der Waals surface area contributed by atoms with Gasteiger partial charge in [0.1, 0.15) is 5.82 Å². The van der Waals surface area contributed by atoms with Crippen LogP contribution in [0.4, 0.5) is 0 Å². The summed E-state index contributed by atoms with van der Waals surface area (Å²) in [5.41, 5.74) is 0.530. The number of fused-ring (bicyclic) bond motifs is 1. The van der Waals surface area contributed by atoms with E-state index in [1.54, 1.807) is 6.07 Å². The first-order chi connectivity index (χ1) is 11.6. The van der Waals surface area contributed by atoms with Crippen LogP contribution in [0.5, 0.6) is 0 Å². The van der Waals surface area contributed by atoms with Crippen molar-refractivity contribution in [3.8, 4) is 0 Å². The van der Waals surface area contributed by atoms with Crippen LogP contribution in [0, 0.1) is 0 Å². The first-order valence-electron chi connectivity index (χ1n) is 8.57. The number of rotatable bonds is 8. The zero-order valence-electron chi connectivity index (χ0n) is 14.6. The summed E-state index contributed by atoms with van der Waals surface area (Å²) >= 11 is 0. The summed E-state index contributed by atoms with van der Waals surface area (Å²) < 4.78 is 0. The van der Waals surface area contributed by atoms with Gasteiger partial charge in [-0.25, -0.2) is 4.98 Å². The van der Waals surface area contributed by atoms with Gasteiger partial charge >= 0.3 is 0 Å². The summed E-state index contributed by atoms with van der Waals surface area (Å²) in [6, 6.07) is 7.48. The minimum Gasteiger partial charge on any atom is -0.352 e. The number of benzene rings is 1. The molecule has 0 unspecified atom stereocenters. The van der Waals surface area contributed by atoms with E-state index in [0.29, 0.717) is 36.4 Å². The minimum atomic E-state index is -0.145. The van der Waals surface area contributed by atoms with Crippen LogP contribution in [-0.4, -0.2) is 39.9 Å². The van der Waals surface area contributed by atoms with Gasteiger partial charge in [-0.3, -0.25) is 14.5 Å². The van der Waals surface area contributed by atoms with Crippen LogP contribution in [0.1, 0.15) is 39.4 Å². The van der Waals surface area contributed by atoms with Crippen LogP contribution in [-0.2, 0) is 11.3 Å². The Labute approximate surface area is 142 Å². The summed E-state index contributed by atoms with van der Waals surface area (Å²) in [7, 11) is 0. The van der Waals surface area contributed by atoms with Gasteiger partial charge in [0.2, 0.25) is 5.91 Å². The molecule has 2 aromatic rings. The Hall–Kier alpha value is -2.21. The number of hydrogen-bond donors (Lipinski definition) is 2. The molecule has 2 rings (SSSR count). The van der Waals surface area contributed by atoms with Crippen molar-refractivity contribution in [3.63, 3.8) is 0 Å². The van der Waals surface area contributed by atoms with Gasteiger partial charge < -0.3 is 10.3 Å². The molecule has 24 heavy (non-hydrogen) atoms. The van der Waals surface area contributed by atoms with Crippen LogP contribution in [0.25, 0.3) is 10.9 Å². The van der Waals surface area contributed by atoms with Gasteiger partial charge in [-0.1, -0.05) is 32.9 Å². The van der Waals surface area contributed by atoms with Crippen molar-refractivity contribution in [2.75, 3.05) is 13.1 Å². The van der Waals surface area contributed by atoms with Crippen molar-refractivity contribution in [2.24, 2.45) is 0 Å². The number of H-pyrrole nitrogens is 1. The lowest BCUT2D eigenvalue weighted by atomic mass is 10.2. The van der Waals surface area contributed by atoms with Gasteiger partial charge in [0, 0.05) is 6.04 Å². The number of likely N-dealkylation sites (N-methyl/N-ethyl adjacent to an activating group) is 1. The zero-order chi connectivity index (χ0) is 17.5. The Morgan fingerprint density at radius 3 is 2.62 bits per heavy atom. The fourth-order valence-corrected chi connectivity index (χ4v) is 2.67. The molecule has 0 saturated carbocycles. The lowest BCUT2D eigenvalue weighted by Gasteiger charge is -2.21. The van der Waals surface area contributed by atoms with E-state index in [9.17, 15) is 9.59 Å². The van der Waals surface area contributed by atoms with E-state index < -0.39 is 0 Å². The van der Waals surface area contributed by atoms with Crippen LogP contribution in [0.3, 0.4) is 0 Å². The smallest absolute Gasteiger partial charge is 0.258 e. The molecule has 130 valence electrons. The third kappa shape index (κ3) is 4.64. The maximum atomic E-state index is 12.2. The second-order valence-electron chi connectivity index (χ2n) is 5.91. The van der Waals surface area contributed by atoms with Crippen molar-refractivity contribution in [3.05, 3.63) is 40.4 Å². The van der Waals surface area contributed by atoms with Crippen molar-refractivity contribution in [1.29, 1.82) is 0 Å². The van der Waals surface area contributed by atoms with Gasteiger partial charge in [-0.2, -0.15) is 0 Å². The molecule has 0 radical (unpaired) electrons. The molecule has 0 saturated heterocycles. The highest BCUT2D eigenvalue weighted by Crippen LogP contribution is 2.07. The first-order valence-corrected chi connectivity index (χ1v) is 8.57. The summed E-state index contributed by atoms with van der Waals surface area (Å²) in [5.74, 6) is 0.588. The molecular weight excluding hydrogens is 304 g/mol. The largest absolute Gasteiger partial charge is 0.352 e. The molecule has 0 aliphatic carbocycles. The van der Waals surface area contributed by atoms with Gasteiger partial charge in [0.25, 0.3) is 5.56 Å². The van der Waals surface area contributed by atoms with Crippen molar-refractivity contribution in [2.45, 2.75) is 46.2 Å². The van der Waals surface area contributed by atoms with Crippen LogP contribution >= 0.6 is 0 Å². The molecule has 1 aromatic heterocycles. The van der Waals surface area contributed by atoms with E-state index in [1.807, 2.05) is 30.0 Å². The zero-order valence-corrected chi connectivity index (χ0v) is 14.6. The number of hydrogen-bond acceptors (Lipinski definition) is 4. The van der Waals surface area contributed by atoms with Gasteiger partial charge in [-0.05, 0) is 31.5 Å². The van der Waals surface area contributed by atoms with Crippen LogP contribution in [0.2, 0.25) is 0 Å². The summed E-state index contributed by atoms with van der Waals surface area (Å²) in [6.07, 6.45) is 1.85. The Morgan fingerprint density at radius 1 is 1.25 bits per heavy atom. The molecule has 0 fully saturated rings. The number of para-hydroxylation sites is 1. The van der Waals surface area contributed by atoms with Crippen LogP contribution in [0.15, 0.2) is 29.1 Å². The number of nitrogens with zero attached hydrogens (tertiary/aromatic N) is 2. The topological polar surface area (TPSA) is 78.1 Å². The normalized spacial score (nSPS) is 11.4. The fraction of sp³-hybridized carbons (Fsp3) is 0.500. The number of aromatic nitrogens is 2. The standard InChI is InChI=1S/C18H26N4O2/c1-4-13(5-2)19-17(23)12-22(6-3)11-16-20-15-10-8-7-9-14(15)18(24)21-16/h7-10,13H,4-6,11-12H2,1-3H3,(H,19,23)(H,20,21,24). The second kappa shape index (κ2) is 8.59. The number of nitrogens with one attached hydrogen (secondary N) is 2. The van der Waals surface area contributed by atoms with Crippen LogP contribution < -0.4 is 10.9 Å². The molecule has 0 bridgehead atoms. The molecule has 1 aromatic carbocycles. The Morgan fingerprint density at radius 2 is 1.96 bits per heavy atom. The number of carbonyl (C=O) groups excluding carboxylic acids is 1. The van der Waals surface area contributed by atoms with E-state index in [2.05, 4.69) is 29.1 Å². The number of aromatic amines is 1. The average Bonchev–Trinajstić information content (AvgIpc) is 2.59. The molecule has 6 nitrogen and oxygen atoms in total. The number of amides is 1. The second-order valence-corrected chi connectivity index (χ2v) is 5.91. The Bertz CT molecular complexity index is 737. The van der Waals surface area contributed by atoms with E-state index >= 15 is 0 Å². The molecular formula is C18H26N4O2. The maximum absolute atomic E-state index is 12.2. The first kappa shape index (κ1) is 18.1. The Balaban J connectivity index is 2.07. The maximum Gasteiger partial charge on any atom is 0.258 e. The lowest BCUT2D eigenvalue weighted by molar-refractivity contribution is -0.123. The lowest BCUT2D eigenvalue weighted by Crippen LogP contribution is -2.41. The van der Waals surface area contributed by atoms with E-state index in [0.717, 1.165) is 12.8 Å². The Kier molecular flexibility index (Phi) is 6.49. The third-order valence-corrected chi connectivity index (χ3v) is 4.20. The predicted molar refractivity (Wildman–Crippen MR) is 95.8 cm³/mol. The molecule has 1 amide bonds. The van der Waals surface area contributed by atoms with Crippen molar-refractivity contribution < 1.29 is 4.79 Å².